The second kappa shape index (κ2) is 13.0. The average Bonchev–Trinajstić information content (AvgIpc) is 3.36. The second-order valence-corrected chi connectivity index (χ2v) is 12.2. The Kier molecular flexibility index (Phi) is 9.64. The number of carboxylic acids is 2. The Morgan fingerprint density at radius 2 is 2.05 bits per heavy atom. The third-order valence-corrected chi connectivity index (χ3v) is 9.38. The van der Waals surface area contributed by atoms with E-state index in [1.54, 1.807) is 0 Å². The summed E-state index contributed by atoms with van der Waals surface area (Å²) in [4.78, 5) is 64.3. The van der Waals surface area contributed by atoms with E-state index < -0.39 is 41.3 Å². The normalized spacial score (nSPS) is 21.5. The van der Waals surface area contributed by atoms with Crippen LogP contribution < -0.4 is 22.6 Å². The minimum Gasteiger partial charge on any atom is -0.481 e. The van der Waals surface area contributed by atoms with Crippen LogP contribution in [0.25, 0.3) is 0 Å². The lowest BCUT2D eigenvalue weighted by Crippen LogP contribution is -2.71. The van der Waals surface area contributed by atoms with E-state index in [-0.39, 0.29) is 40.2 Å². The largest absolute Gasteiger partial charge is 0.481 e. The zero-order valence-electron chi connectivity index (χ0n) is 22.5. The molecule has 0 bridgehead atoms. The van der Waals surface area contributed by atoms with E-state index >= 15 is 0 Å². The SMILES string of the molecule is CCC1=C(N)N=C(SCC2=C(C(=O)O)N3C(=O)C(NC(=O)/C(=N\OC(C)CC(=O)O)c4csc(N)n4)[C@@H]3SC2)N(N)C1. The maximum absolute atomic E-state index is 13.2. The molecule has 16 nitrogen and oxygen atoms in total. The second-order valence-electron chi connectivity index (χ2n) is 9.30. The molecule has 0 aromatic carbocycles. The van der Waals surface area contributed by atoms with Crippen LogP contribution in [0.4, 0.5) is 5.13 Å². The molecule has 0 aliphatic carbocycles. The highest BCUT2D eigenvalue weighted by atomic mass is 32.2. The molecule has 1 saturated heterocycles. The van der Waals surface area contributed by atoms with Gasteiger partial charge in [-0.3, -0.25) is 24.3 Å². The highest BCUT2D eigenvalue weighted by Crippen LogP contribution is 2.41. The van der Waals surface area contributed by atoms with Crippen molar-refractivity contribution in [1.29, 1.82) is 0 Å². The van der Waals surface area contributed by atoms with Crippen molar-refractivity contribution in [2.24, 2.45) is 21.7 Å². The van der Waals surface area contributed by atoms with Crippen LogP contribution in [0.2, 0.25) is 0 Å². The number of carboxylic acid groups (broad SMARTS) is 2. The van der Waals surface area contributed by atoms with Crippen molar-refractivity contribution < 1.29 is 34.2 Å². The summed E-state index contributed by atoms with van der Waals surface area (Å²) < 4.78 is 0. The van der Waals surface area contributed by atoms with Crippen molar-refractivity contribution in [3.05, 3.63) is 33.7 Å². The van der Waals surface area contributed by atoms with Gasteiger partial charge in [-0.05, 0) is 24.5 Å². The summed E-state index contributed by atoms with van der Waals surface area (Å²) in [6, 6.07) is -1.05. The maximum Gasteiger partial charge on any atom is 0.352 e. The first-order chi connectivity index (χ1) is 19.9. The number of carbonyl (C=O) groups is 4. The summed E-state index contributed by atoms with van der Waals surface area (Å²) in [6.45, 7) is 3.82. The van der Waals surface area contributed by atoms with Gasteiger partial charge in [0.15, 0.2) is 16.0 Å². The fourth-order valence-corrected chi connectivity index (χ4v) is 7.15. The highest BCUT2D eigenvalue weighted by Gasteiger charge is 2.54. The van der Waals surface area contributed by atoms with Crippen LogP contribution in [-0.2, 0) is 24.0 Å². The number of amidine groups is 1. The van der Waals surface area contributed by atoms with E-state index in [1.807, 2.05) is 6.92 Å². The Balaban J connectivity index is 1.49. The number of hydrogen-bond acceptors (Lipinski definition) is 15. The summed E-state index contributed by atoms with van der Waals surface area (Å²) in [7, 11) is 0. The molecule has 9 N–H and O–H groups in total. The zero-order chi connectivity index (χ0) is 30.7. The number of nitrogen functional groups attached to an aromatic ring is 1. The number of rotatable bonds is 11. The molecule has 4 rings (SSSR count). The molecule has 1 aromatic rings. The van der Waals surface area contributed by atoms with Crippen molar-refractivity contribution in [3.8, 4) is 0 Å². The molecule has 3 aliphatic rings. The minimum atomic E-state index is -1.28. The van der Waals surface area contributed by atoms with Gasteiger partial charge >= 0.3 is 11.9 Å². The summed E-state index contributed by atoms with van der Waals surface area (Å²) in [5, 5.41) is 28.1. The van der Waals surface area contributed by atoms with Gasteiger partial charge in [-0.25, -0.2) is 20.6 Å². The number of hydrazine groups is 1. The number of carbonyl (C=O) groups excluding carboxylic acids is 2. The number of fused-ring (bicyclic) bond motifs is 1. The molecule has 3 aliphatic heterocycles. The van der Waals surface area contributed by atoms with Gasteiger partial charge in [0, 0.05) is 16.9 Å². The number of thioether (sulfide) groups is 2. The number of anilines is 1. The van der Waals surface area contributed by atoms with E-state index in [2.05, 4.69) is 20.4 Å². The smallest absolute Gasteiger partial charge is 0.352 e. The van der Waals surface area contributed by atoms with E-state index in [0.29, 0.717) is 29.5 Å². The summed E-state index contributed by atoms with van der Waals surface area (Å²) >= 11 is 3.56. The fourth-order valence-electron chi connectivity index (χ4n) is 4.19. The molecule has 226 valence electrons. The first-order valence-corrected chi connectivity index (χ1v) is 15.4. The quantitative estimate of drug-likeness (QED) is 0.0801. The number of aromatic nitrogens is 1. The van der Waals surface area contributed by atoms with Gasteiger partial charge in [0.05, 0.1) is 13.0 Å². The number of amides is 2. The molecule has 19 heteroatoms. The lowest BCUT2D eigenvalue weighted by Gasteiger charge is -2.49. The van der Waals surface area contributed by atoms with Gasteiger partial charge in [0.1, 0.15) is 34.7 Å². The van der Waals surface area contributed by atoms with E-state index in [0.717, 1.165) is 21.8 Å². The lowest BCUT2D eigenvalue weighted by atomic mass is 10.0. The first-order valence-electron chi connectivity index (χ1n) is 12.5. The molecule has 2 amide bonds. The molecule has 0 spiro atoms. The Bertz CT molecular complexity index is 1420. The molecule has 42 heavy (non-hydrogen) atoms. The van der Waals surface area contributed by atoms with Crippen molar-refractivity contribution in [2.75, 3.05) is 23.8 Å². The maximum atomic E-state index is 13.2. The van der Waals surface area contributed by atoms with Crippen LogP contribution in [0.5, 0.6) is 0 Å². The number of nitrogens with zero attached hydrogens (tertiary/aromatic N) is 5. The molecule has 0 radical (unpaired) electrons. The van der Waals surface area contributed by atoms with Gasteiger partial charge in [-0.15, -0.1) is 23.1 Å². The van der Waals surface area contributed by atoms with Crippen LogP contribution >= 0.6 is 34.9 Å². The number of hydrogen-bond donors (Lipinski definition) is 6. The van der Waals surface area contributed by atoms with Gasteiger partial charge < -0.3 is 31.8 Å². The molecule has 0 saturated carbocycles. The molecule has 4 heterocycles. The third kappa shape index (κ3) is 6.63. The number of aliphatic carboxylic acids is 2. The van der Waals surface area contributed by atoms with Crippen LogP contribution in [0.3, 0.4) is 0 Å². The van der Waals surface area contributed by atoms with Crippen molar-refractivity contribution in [3.63, 3.8) is 0 Å². The van der Waals surface area contributed by atoms with Crippen molar-refractivity contribution in [1.82, 2.24) is 20.2 Å². The Labute approximate surface area is 252 Å². The van der Waals surface area contributed by atoms with E-state index in [9.17, 15) is 24.3 Å². The number of aliphatic imine (C=N–C) groups is 1. The Morgan fingerprint density at radius 3 is 2.67 bits per heavy atom. The van der Waals surface area contributed by atoms with Crippen molar-refractivity contribution in [2.45, 2.75) is 44.2 Å². The predicted molar refractivity (Wildman–Crippen MR) is 158 cm³/mol. The summed E-state index contributed by atoms with van der Waals surface area (Å²) in [5.41, 5.74) is 12.7. The number of oxime groups is 1. The fraction of sp³-hybridized carbons (Fsp3) is 0.435. The molecular formula is C23H29N9O7S3. The predicted octanol–water partition coefficient (Wildman–Crippen LogP) is -0.0934. The van der Waals surface area contributed by atoms with Gasteiger partial charge in [-0.2, -0.15) is 0 Å². The highest BCUT2D eigenvalue weighted by molar-refractivity contribution is 8.14. The molecule has 2 unspecified atom stereocenters. The Morgan fingerprint density at radius 1 is 1.31 bits per heavy atom. The molecule has 1 fully saturated rings. The topological polar surface area (TPSA) is 252 Å². The standard InChI is InChI=1S/C23H29N9O7S3/c1-3-10-5-31(26)23(29-17(10)24)42-7-11-6-40-20-15(19(36)32(20)16(11)21(37)38)28-18(35)14(12-8-41-22(25)27-12)30-39-9(2)4-13(33)34/h8-9,15,20H,3-7,24,26H2,1-2H3,(H2,25,27)(H,28,35)(H,33,34)(H,37,38)/b30-14-/t9?,15?,20-/m0/s1. The number of nitrogens with one attached hydrogen (secondary N) is 1. The molecule has 1 aromatic heterocycles. The molecular weight excluding hydrogens is 611 g/mol. The zero-order valence-corrected chi connectivity index (χ0v) is 24.9. The van der Waals surface area contributed by atoms with Gasteiger partial charge in [0.25, 0.3) is 11.8 Å². The van der Waals surface area contributed by atoms with E-state index in [1.165, 1.54) is 40.8 Å². The Hall–Kier alpha value is -3.81. The van der Waals surface area contributed by atoms with E-state index in [4.69, 9.17) is 27.3 Å². The average molecular weight is 640 g/mol. The monoisotopic (exact) mass is 639 g/mol. The van der Waals surface area contributed by atoms with Crippen LogP contribution in [0.15, 0.2) is 38.2 Å². The van der Waals surface area contributed by atoms with Crippen LogP contribution in [0.1, 0.15) is 32.4 Å². The van der Waals surface area contributed by atoms with Gasteiger partial charge in [0.2, 0.25) is 0 Å². The summed E-state index contributed by atoms with van der Waals surface area (Å²) in [5.74, 6) is 3.12. The van der Waals surface area contributed by atoms with Crippen LogP contribution in [-0.4, -0.2) is 95.3 Å². The number of nitrogens with two attached hydrogens (primary N) is 3. The minimum absolute atomic E-state index is 0.0731. The third-order valence-electron chi connectivity index (χ3n) is 6.29. The number of thiazole rings is 1. The lowest BCUT2D eigenvalue weighted by molar-refractivity contribution is -0.150. The van der Waals surface area contributed by atoms with Crippen LogP contribution in [0, 0.1) is 0 Å². The first kappa shape index (κ1) is 31.1. The molecule has 3 atom stereocenters. The van der Waals surface area contributed by atoms with Gasteiger partial charge in [-0.1, -0.05) is 23.8 Å². The van der Waals surface area contributed by atoms with Crippen molar-refractivity contribution >= 4 is 74.6 Å². The number of β-lactam (4-membered cyclic amide) rings is 1. The summed E-state index contributed by atoms with van der Waals surface area (Å²) in [6.07, 6.45) is -0.523.